The molecule has 0 bridgehead atoms. The standard InChI is InChI=1S/C14H19N3S/c1-10-4-7-18-12(10)11-8-16-13(17-11)14(9-15-2)5-3-6-14/h4,7-8,15H,3,5-6,9H2,1-2H3,(H,16,17). The van der Waals surface area contributed by atoms with Gasteiger partial charge in [0.15, 0.2) is 0 Å². The second-order valence-electron chi connectivity index (χ2n) is 5.24. The van der Waals surface area contributed by atoms with E-state index in [0.717, 1.165) is 12.4 Å². The second-order valence-corrected chi connectivity index (χ2v) is 6.16. The van der Waals surface area contributed by atoms with E-state index in [1.807, 2.05) is 13.2 Å². The van der Waals surface area contributed by atoms with E-state index in [1.54, 1.807) is 11.3 Å². The van der Waals surface area contributed by atoms with Gasteiger partial charge in [-0.05, 0) is 43.8 Å². The third-order valence-corrected chi connectivity index (χ3v) is 5.06. The fourth-order valence-electron chi connectivity index (χ4n) is 2.79. The SMILES string of the molecule is CNCC1(c2ncc(-c3sccc3C)[nH]2)CCC1. The lowest BCUT2D eigenvalue weighted by molar-refractivity contribution is 0.226. The van der Waals surface area contributed by atoms with Gasteiger partial charge in [0.2, 0.25) is 0 Å². The predicted molar refractivity (Wildman–Crippen MR) is 76.1 cm³/mol. The van der Waals surface area contributed by atoms with Crippen molar-refractivity contribution in [3.63, 3.8) is 0 Å². The molecule has 1 fully saturated rings. The molecule has 1 saturated carbocycles. The number of aromatic amines is 1. The van der Waals surface area contributed by atoms with E-state index in [-0.39, 0.29) is 5.41 Å². The maximum Gasteiger partial charge on any atom is 0.114 e. The number of aromatic nitrogens is 2. The van der Waals surface area contributed by atoms with E-state index in [2.05, 4.69) is 33.7 Å². The zero-order valence-electron chi connectivity index (χ0n) is 10.9. The van der Waals surface area contributed by atoms with E-state index < -0.39 is 0 Å². The number of hydrogen-bond acceptors (Lipinski definition) is 3. The normalized spacial score (nSPS) is 17.7. The van der Waals surface area contributed by atoms with Crippen LogP contribution in [0, 0.1) is 6.92 Å². The summed E-state index contributed by atoms with van der Waals surface area (Å²) < 4.78 is 0. The quantitative estimate of drug-likeness (QED) is 0.888. The van der Waals surface area contributed by atoms with Crippen molar-refractivity contribution in [2.45, 2.75) is 31.6 Å². The molecule has 18 heavy (non-hydrogen) atoms. The number of likely N-dealkylation sites (N-methyl/N-ethyl adjacent to an activating group) is 1. The van der Waals surface area contributed by atoms with Crippen LogP contribution in [0.1, 0.15) is 30.7 Å². The highest BCUT2D eigenvalue weighted by Crippen LogP contribution is 2.42. The van der Waals surface area contributed by atoms with E-state index >= 15 is 0 Å². The predicted octanol–water partition coefficient (Wildman–Crippen LogP) is 3.09. The molecule has 0 saturated heterocycles. The lowest BCUT2D eigenvalue weighted by atomic mass is 9.68. The first-order valence-electron chi connectivity index (χ1n) is 6.50. The molecule has 4 heteroatoms. The Morgan fingerprint density at radius 3 is 2.89 bits per heavy atom. The largest absolute Gasteiger partial charge is 0.341 e. The number of rotatable bonds is 4. The third kappa shape index (κ3) is 1.80. The molecular weight excluding hydrogens is 242 g/mol. The van der Waals surface area contributed by atoms with Crippen LogP contribution in [0.4, 0.5) is 0 Å². The smallest absolute Gasteiger partial charge is 0.114 e. The average molecular weight is 261 g/mol. The van der Waals surface area contributed by atoms with E-state index in [1.165, 1.54) is 35.4 Å². The van der Waals surface area contributed by atoms with Crippen molar-refractivity contribution >= 4 is 11.3 Å². The first kappa shape index (κ1) is 11.9. The van der Waals surface area contributed by atoms with Gasteiger partial charge in [0.25, 0.3) is 0 Å². The van der Waals surface area contributed by atoms with Crippen molar-refractivity contribution in [1.82, 2.24) is 15.3 Å². The molecule has 2 heterocycles. The summed E-state index contributed by atoms with van der Waals surface area (Å²) in [7, 11) is 2.02. The molecule has 0 spiro atoms. The highest BCUT2D eigenvalue weighted by molar-refractivity contribution is 7.13. The Bertz CT molecular complexity index is 537. The van der Waals surface area contributed by atoms with Crippen molar-refractivity contribution in [2.24, 2.45) is 0 Å². The van der Waals surface area contributed by atoms with Gasteiger partial charge in [0, 0.05) is 12.0 Å². The van der Waals surface area contributed by atoms with Gasteiger partial charge in [-0.3, -0.25) is 0 Å². The number of imidazole rings is 1. The number of nitrogens with zero attached hydrogens (tertiary/aromatic N) is 1. The highest BCUT2D eigenvalue weighted by atomic mass is 32.1. The number of thiophene rings is 1. The van der Waals surface area contributed by atoms with Gasteiger partial charge in [-0.2, -0.15) is 0 Å². The Morgan fingerprint density at radius 1 is 1.50 bits per heavy atom. The monoisotopic (exact) mass is 261 g/mol. The van der Waals surface area contributed by atoms with Crippen LogP contribution in [0.5, 0.6) is 0 Å². The molecular formula is C14H19N3S. The molecule has 2 aromatic rings. The van der Waals surface area contributed by atoms with Crippen LogP contribution in [0.25, 0.3) is 10.6 Å². The Hall–Kier alpha value is -1.13. The zero-order chi connectivity index (χ0) is 12.6. The molecule has 0 aliphatic heterocycles. The molecule has 96 valence electrons. The lowest BCUT2D eigenvalue weighted by Gasteiger charge is -2.40. The Morgan fingerprint density at radius 2 is 2.33 bits per heavy atom. The summed E-state index contributed by atoms with van der Waals surface area (Å²) in [5, 5.41) is 5.44. The minimum atomic E-state index is 0.248. The van der Waals surface area contributed by atoms with Crippen molar-refractivity contribution in [2.75, 3.05) is 13.6 Å². The van der Waals surface area contributed by atoms with Crippen molar-refractivity contribution in [3.8, 4) is 10.6 Å². The molecule has 0 aromatic carbocycles. The molecule has 0 atom stereocenters. The van der Waals surface area contributed by atoms with Crippen LogP contribution in [-0.2, 0) is 5.41 Å². The minimum absolute atomic E-state index is 0.248. The van der Waals surface area contributed by atoms with Crippen LogP contribution >= 0.6 is 11.3 Å². The molecule has 0 radical (unpaired) electrons. The maximum absolute atomic E-state index is 4.64. The van der Waals surface area contributed by atoms with Gasteiger partial charge in [-0.1, -0.05) is 6.42 Å². The third-order valence-electron chi connectivity index (χ3n) is 4.01. The van der Waals surface area contributed by atoms with Gasteiger partial charge in [0.05, 0.1) is 16.8 Å². The summed E-state index contributed by atoms with van der Waals surface area (Å²) in [6, 6.07) is 2.16. The topological polar surface area (TPSA) is 40.7 Å². The summed E-state index contributed by atoms with van der Waals surface area (Å²) in [6.45, 7) is 3.17. The number of H-pyrrole nitrogens is 1. The summed E-state index contributed by atoms with van der Waals surface area (Å²) in [5.74, 6) is 1.16. The Kier molecular flexibility index (Phi) is 2.99. The maximum atomic E-state index is 4.64. The zero-order valence-corrected chi connectivity index (χ0v) is 11.7. The molecule has 3 nitrogen and oxygen atoms in total. The van der Waals surface area contributed by atoms with Crippen LogP contribution in [0.3, 0.4) is 0 Å². The van der Waals surface area contributed by atoms with Crippen molar-refractivity contribution < 1.29 is 0 Å². The first-order valence-corrected chi connectivity index (χ1v) is 7.38. The van der Waals surface area contributed by atoms with Crippen LogP contribution in [0.15, 0.2) is 17.6 Å². The second kappa shape index (κ2) is 4.52. The van der Waals surface area contributed by atoms with Gasteiger partial charge in [-0.25, -0.2) is 4.98 Å². The lowest BCUT2D eigenvalue weighted by Crippen LogP contribution is -2.43. The summed E-state index contributed by atoms with van der Waals surface area (Å²) >= 11 is 1.78. The molecule has 0 amide bonds. The number of hydrogen-bond donors (Lipinski definition) is 2. The Labute approximate surface area is 112 Å². The molecule has 2 N–H and O–H groups in total. The van der Waals surface area contributed by atoms with Crippen LogP contribution in [0.2, 0.25) is 0 Å². The van der Waals surface area contributed by atoms with Crippen molar-refractivity contribution in [3.05, 3.63) is 29.0 Å². The molecule has 1 aliphatic carbocycles. The van der Waals surface area contributed by atoms with Gasteiger partial charge in [0.1, 0.15) is 5.82 Å². The summed E-state index contributed by atoms with van der Waals surface area (Å²) in [4.78, 5) is 9.49. The van der Waals surface area contributed by atoms with E-state index in [9.17, 15) is 0 Å². The average Bonchev–Trinajstić information content (AvgIpc) is 2.91. The highest BCUT2D eigenvalue weighted by Gasteiger charge is 2.40. The van der Waals surface area contributed by atoms with Crippen LogP contribution in [-0.4, -0.2) is 23.6 Å². The molecule has 1 aliphatic rings. The number of nitrogens with one attached hydrogen (secondary N) is 2. The molecule has 3 rings (SSSR count). The molecule has 2 aromatic heterocycles. The van der Waals surface area contributed by atoms with Crippen LogP contribution < -0.4 is 5.32 Å². The van der Waals surface area contributed by atoms with E-state index in [0.29, 0.717) is 0 Å². The minimum Gasteiger partial charge on any atom is -0.341 e. The number of aryl methyl sites for hydroxylation is 1. The van der Waals surface area contributed by atoms with E-state index in [4.69, 9.17) is 0 Å². The van der Waals surface area contributed by atoms with Gasteiger partial charge >= 0.3 is 0 Å². The summed E-state index contributed by atoms with van der Waals surface area (Å²) in [6.07, 6.45) is 5.79. The first-order chi connectivity index (χ1) is 8.75. The fraction of sp³-hybridized carbons (Fsp3) is 0.500. The fourth-order valence-corrected chi connectivity index (χ4v) is 3.69. The van der Waals surface area contributed by atoms with Crippen molar-refractivity contribution in [1.29, 1.82) is 0 Å². The Balaban J connectivity index is 1.92. The summed E-state index contributed by atoms with van der Waals surface area (Å²) in [5.41, 5.74) is 2.74. The van der Waals surface area contributed by atoms with Gasteiger partial charge < -0.3 is 10.3 Å². The molecule has 0 unspecified atom stereocenters. The van der Waals surface area contributed by atoms with Gasteiger partial charge in [-0.15, -0.1) is 11.3 Å².